The summed E-state index contributed by atoms with van der Waals surface area (Å²) in [5.41, 5.74) is 3.26. The normalized spacial score (nSPS) is 16.7. The minimum absolute atomic E-state index is 0.0676. The van der Waals surface area contributed by atoms with Gasteiger partial charge in [0.25, 0.3) is 0 Å². The first-order valence-electron chi connectivity index (χ1n) is 9.12. The summed E-state index contributed by atoms with van der Waals surface area (Å²) in [7, 11) is 3.18. The molecule has 0 saturated carbocycles. The number of carbonyl (C=O) groups excluding carboxylic acids is 2. The Morgan fingerprint density at radius 3 is 2.48 bits per heavy atom. The number of imide groups is 1. The summed E-state index contributed by atoms with van der Waals surface area (Å²) in [6.45, 7) is 2.41. The van der Waals surface area contributed by atoms with Crippen LogP contribution in [-0.2, 0) is 22.4 Å². The maximum absolute atomic E-state index is 12.7. The second kappa shape index (κ2) is 8.25. The molecule has 27 heavy (non-hydrogen) atoms. The highest BCUT2D eigenvalue weighted by atomic mass is 16.5. The van der Waals surface area contributed by atoms with Crippen molar-refractivity contribution >= 4 is 11.8 Å². The van der Waals surface area contributed by atoms with E-state index in [2.05, 4.69) is 6.07 Å². The van der Waals surface area contributed by atoms with Crippen LogP contribution < -0.4 is 9.47 Å². The molecule has 2 aromatic rings. The molecule has 1 aliphatic rings. The highest BCUT2D eigenvalue weighted by Gasteiger charge is 2.37. The molecule has 1 aliphatic heterocycles. The zero-order valence-corrected chi connectivity index (χ0v) is 16.0. The zero-order valence-electron chi connectivity index (χ0n) is 16.0. The van der Waals surface area contributed by atoms with E-state index in [1.807, 2.05) is 43.3 Å². The van der Waals surface area contributed by atoms with Gasteiger partial charge in [-0.2, -0.15) is 0 Å². The van der Waals surface area contributed by atoms with Gasteiger partial charge in [-0.3, -0.25) is 14.5 Å². The van der Waals surface area contributed by atoms with Gasteiger partial charge in [-0.15, -0.1) is 0 Å². The average molecular weight is 367 g/mol. The zero-order chi connectivity index (χ0) is 19.4. The molecule has 0 N–H and O–H groups in total. The number of benzene rings is 2. The summed E-state index contributed by atoms with van der Waals surface area (Å²) in [6, 6.07) is 13.7. The number of amides is 2. The molecule has 0 unspecified atom stereocenters. The number of aryl methyl sites for hydroxylation is 1. The second-order valence-corrected chi connectivity index (χ2v) is 6.92. The van der Waals surface area contributed by atoms with E-state index in [0.29, 0.717) is 37.3 Å². The third-order valence-electron chi connectivity index (χ3n) is 4.97. The SMILES string of the molecule is COc1ccc(CCN2C(=O)C[C@@H](Cc3cccc(C)c3)C2=O)cc1OC. The quantitative estimate of drug-likeness (QED) is 0.706. The topological polar surface area (TPSA) is 55.8 Å². The molecule has 0 spiro atoms. The molecule has 3 rings (SSSR count). The lowest BCUT2D eigenvalue weighted by Crippen LogP contribution is -2.33. The highest BCUT2D eigenvalue weighted by Crippen LogP contribution is 2.28. The minimum Gasteiger partial charge on any atom is -0.493 e. The van der Waals surface area contributed by atoms with E-state index in [9.17, 15) is 9.59 Å². The van der Waals surface area contributed by atoms with Crippen LogP contribution in [0.5, 0.6) is 11.5 Å². The first kappa shape index (κ1) is 19.0. The van der Waals surface area contributed by atoms with Gasteiger partial charge in [0.05, 0.1) is 20.1 Å². The van der Waals surface area contributed by atoms with Crippen LogP contribution in [0.3, 0.4) is 0 Å². The molecule has 1 atom stereocenters. The Balaban J connectivity index is 1.64. The van der Waals surface area contributed by atoms with E-state index < -0.39 is 0 Å². The first-order valence-corrected chi connectivity index (χ1v) is 9.12. The van der Waals surface area contributed by atoms with Gasteiger partial charge < -0.3 is 9.47 Å². The van der Waals surface area contributed by atoms with Gasteiger partial charge in [0.1, 0.15) is 0 Å². The lowest BCUT2D eigenvalue weighted by atomic mass is 9.97. The maximum atomic E-state index is 12.7. The van der Waals surface area contributed by atoms with Gasteiger partial charge in [-0.05, 0) is 43.0 Å². The number of nitrogens with zero attached hydrogens (tertiary/aromatic N) is 1. The van der Waals surface area contributed by atoms with E-state index in [4.69, 9.17) is 9.47 Å². The standard InChI is InChI=1S/C22H25NO4/c1-15-5-4-6-17(11-15)12-18-14-21(24)23(22(18)25)10-9-16-7-8-19(26-2)20(13-16)27-3/h4-8,11,13,18H,9-10,12,14H2,1-3H3/t18-/m1/s1. The Kier molecular flexibility index (Phi) is 5.79. The third-order valence-corrected chi connectivity index (χ3v) is 4.97. The number of hydrogen-bond donors (Lipinski definition) is 0. The van der Waals surface area contributed by atoms with Crippen molar-refractivity contribution in [3.05, 3.63) is 59.2 Å². The summed E-state index contributed by atoms with van der Waals surface area (Å²) < 4.78 is 10.6. The Labute approximate surface area is 159 Å². The van der Waals surface area contributed by atoms with Crippen LogP contribution in [0, 0.1) is 12.8 Å². The lowest BCUT2D eigenvalue weighted by molar-refractivity contribution is -0.139. The van der Waals surface area contributed by atoms with Crippen LogP contribution in [0.1, 0.15) is 23.1 Å². The molecule has 0 bridgehead atoms. The van der Waals surface area contributed by atoms with Crippen molar-refractivity contribution in [3.8, 4) is 11.5 Å². The van der Waals surface area contributed by atoms with Gasteiger partial charge in [0.15, 0.2) is 11.5 Å². The van der Waals surface area contributed by atoms with Crippen molar-refractivity contribution in [1.82, 2.24) is 4.90 Å². The van der Waals surface area contributed by atoms with Crippen molar-refractivity contribution in [2.45, 2.75) is 26.2 Å². The van der Waals surface area contributed by atoms with E-state index in [-0.39, 0.29) is 17.7 Å². The molecule has 2 aromatic carbocycles. The maximum Gasteiger partial charge on any atom is 0.233 e. The molecule has 1 heterocycles. The largest absolute Gasteiger partial charge is 0.493 e. The molecular formula is C22H25NO4. The van der Waals surface area contributed by atoms with Crippen molar-refractivity contribution in [1.29, 1.82) is 0 Å². The molecule has 2 amide bonds. The number of ether oxygens (including phenoxy) is 2. The summed E-state index contributed by atoms with van der Waals surface area (Å²) >= 11 is 0. The first-order chi connectivity index (χ1) is 13.0. The number of hydrogen-bond acceptors (Lipinski definition) is 4. The van der Waals surface area contributed by atoms with Crippen LogP contribution in [0.4, 0.5) is 0 Å². The molecular weight excluding hydrogens is 342 g/mol. The predicted molar refractivity (Wildman–Crippen MR) is 103 cm³/mol. The van der Waals surface area contributed by atoms with Crippen molar-refractivity contribution in [2.75, 3.05) is 20.8 Å². The average Bonchev–Trinajstić information content (AvgIpc) is 2.92. The van der Waals surface area contributed by atoms with Crippen LogP contribution in [0.15, 0.2) is 42.5 Å². The molecule has 0 aliphatic carbocycles. The summed E-state index contributed by atoms with van der Waals surface area (Å²) in [6.07, 6.45) is 1.49. The fraction of sp³-hybridized carbons (Fsp3) is 0.364. The van der Waals surface area contributed by atoms with E-state index >= 15 is 0 Å². The smallest absolute Gasteiger partial charge is 0.233 e. The van der Waals surface area contributed by atoms with Crippen molar-refractivity contribution in [3.63, 3.8) is 0 Å². The lowest BCUT2D eigenvalue weighted by Gasteiger charge is -2.16. The fourth-order valence-electron chi connectivity index (χ4n) is 3.55. The van der Waals surface area contributed by atoms with E-state index in [0.717, 1.165) is 16.7 Å². The van der Waals surface area contributed by atoms with Gasteiger partial charge in [0.2, 0.25) is 11.8 Å². The Hall–Kier alpha value is -2.82. The van der Waals surface area contributed by atoms with E-state index in [1.54, 1.807) is 14.2 Å². The number of methoxy groups -OCH3 is 2. The second-order valence-electron chi connectivity index (χ2n) is 6.92. The number of carbonyl (C=O) groups is 2. The van der Waals surface area contributed by atoms with Crippen LogP contribution in [0.2, 0.25) is 0 Å². The van der Waals surface area contributed by atoms with Crippen LogP contribution in [-0.4, -0.2) is 37.5 Å². The van der Waals surface area contributed by atoms with Gasteiger partial charge >= 0.3 is 0 Å². The molecule has 1 fully saturated rings. The molecule has 0 radical (unpaired) electrons. The predicted octanol–water partition coefficient (Wildman–Crippen LogP) is 3.17. The number of rotatable bonds is 7. The van der Waals surface area contributed by atoms with Crippen LogP contribution in [0.25, 0.3) is 0 Å². The van der Waals surface area contributed by atoms with Crippen LogP contribution >= 0.6 is 0 Å². The fourth-order valence-corrected chi connectivity index (χ4v) is 3.55. The third kappa shape index (κ3) is 4.30. The molecule has 142 valence electrons. The van der Waals surface area contributed by atoms with Gasteiger partial charge in [-0.1, -0.05) is 35.9 Å². The van der Waals surface area contributed by atoms with Gasteiger partial charge in [-0.25, -0.2) is 0 Å². The summed E-state index contributed by atoms with van der Waals surface area (Å²) in [5, 5.41) is 0. The molecule has 0 aromatic heterocycles. The Morgan fingerprint density at radius 2 is 1.78 bits per heavy atom. The van der Waals surface area contributed by atoms with Crippen molar-refractivity contribution in [2.24, 2.45) is 5.92 Å². The van der Waals surface area contributed by atoms with Crippen molar-refractivity contribution < 1.29 is 19.1 Å². The molecule has 5 heteroatoms. The highest BCUT2D eigenvalue weighted by molar-refractivity contribution is 6.03. The Morgan fingerprint density at radius 1 is 1.00 bits per heavy atom. The summed E-state index contributed by atoms with van der Waals surface area (Å²) in [5.74, 6) is 0.893. The summed E-state index contributed by atoms with van der Waals surface area (Å²) in [4.78, 5) is 26.5. The van der Waals surface area contributed by atoms with Gasteiger partial charge in [0, 0.05) is 13.0 Å². The monoisotopic (exact) mass is 367 g/mol. The number of likely N-dealkylation sites (tertiary alicyclic amines) is 1. The molecule has 1 saturated heterocycles. The Bertz CT molecular complexity index is 846. The van der Waals surface area contributed by atoms with E-state index in [1.165, 1.54) is 4.90 Å². The molecule has 5 nitrogen and oxygen atoms in total. The minimum atomic E-state index is -0.260.